The number of anilines is 1. The summed E-state index contributed by atoms with van der Waals surface area (Å²) in [4.78, 5) is 24.3. The number of piperidine rings is 1. The third-order valence-corrected chi connectivity index (χ3v) is 6.29. The molecule has 0 radical (unpaired) electrons. The standard InChI is InChI=1S/C22H24F4N6O2/c1-31-7-4-21(23,5-8-31)13-30-20(33)17-11-32(12-18(34-17)22(24,25)26)16-10-29-15(9-27)19-14(16)3-2-6-28-19/h2-3,6,10,17-18H,4-5,7-8,11-13H2,1H3,(H,30,33)/t17-,18+/m1/s1. The number of rotatable bonds is 4. The van der Waals surface area contributed by atoms with Gasteiger partial charge in [-0.2, -0.15) is 18.4 Å². The molecule has 4 heterocycles. The van der Waals surface area contributed by atoms with Crippen molar-refractivity contribution < 1.29 is 27.1 Å². The van der Waals surface area contributed by atoms with Crippen molar-refractivity contribution in [3.63, 3.8) is 0 Å². The third kappa shape index (κ3) is 5.05. The van der Waals surface area contributed by atoms with Gasteiger partial charge in [0.25, 0.3) is 5.91 Å². The van der Waals surface area contributed by atoms with Crippen LogP contribution in [0.15, 0.2) is 24.5 Å². The molecule has 4 rings (SSSR count). The number of fused-ring (bicyclic) bond motifs is 1. The summed E-state index contributed by atoms with van der Waals surface area (Å²) in [6.07, 6.45) is -5.23. The molecule has 1 amide bonds. The highest BCUT2D eigenvalue weighted by Gasteiger charge is 2.48. The van der Waals surface area contributed by atoms with Crippen LogP contribution in [0.3, 0.4) is 0 Å². The van der Waals surface area contributed by atoms with E-state index >= 15 is 4.39 Å². The molecule has 0 bridgehead atoms. The number of nitrogens with zero attached hydrogens (tertiary/aromatic N) is 5. The summed E-state index contributed by atoms with van der Waals surface area (Å²) in [7, 11) is 1.87. The Labute approximate surface area is 193 Å². The number of morpholine rings is 1. The van der Waals surface area contributed by atoms with E-state index in [0.29, 0.717) is 24.2 Å². The number of halogens is 4. The van der Waals surface area contributed by atoms with Crippen LogP contribution in [-0.2, 0) is 9.53 Å². The van der Waals surface area contributed by atoms with Crippen LogP contribution in [-0.4, -0.2) is 84.6 Å². The molecule has 0 aromatic carbocycles. The van der Waals surface area contributed by atoms with Crippen molar-refractivity contribution in [1.82, 2.24) is 20.2 Å². The molecule has 2 aliphatic heterocycles. The lowest BCUT2D eigenvalue weighted by Crippen LogP contribution is -2.58. The molecule has 2 aromatic heterocycles. The average molecular weight is 480 g/mol. The summed E-state index contributed by atoms with van der Waals surface area (Å²) < 4.78 is 61.1. The zero-order valence-corrected chi connectivity index (χ0v) is 18.5. The smallest absolute Gasteiger partial charge is 0.364 e. The minimum atomic E-state index is -4.72. The van der Waals surface area contributed by atoms with E-state index in [4.69, 9.17) is 4.74 Å². The molecule has 182 valence electrons. The number of hydrogen-bond acceptors (Lipinski definition) is 7. The van der Waals surface area contributed by atoms with Gasteiger partial charge < -0.3 is 19.9 Å². The molecule has 2 aromatic rings. The van der Waals surface area contributed by atoms with Crippen molar-refractivity contribution in [1.29, 1.82) is 5.26 Å². The molecule has 0 saturated carbocycles. The van der Waals surface area contributed by atoms with Crippen LogP contribution in [0.5, 0.6) is 0 Å². The SMILES string of the molecule is CN1CCC(F)(CNC(=O)[C@H]2CN(c3cnc(C#N)c4ncccc34)C[C@@H](C(F)(F)F)O2)CC1. The second kappa shape index (κ2) is 9.31. The predicted molar refractivity (Wildman–Crippen MR) is 115 cm³/mol. The van der Waals surface area contributed by atoms with E-state index in [1.165, 1.54) is 17.3 Å². The molecule has 2 atom stereocenters. The summed E-state index contributed by atoms with van der Waals surface area (Å²) >= 11 is 0. The van der Waals surface area contributed by atoms with Gasteiger partial charge in [-0.15, -0.1) is 0 Å². The van der Waals surface area contributed by atoms with Crippen molar-refractivity contribution in [2.45, 2.75) is 36.9 Å². The van der Waals surface area contributed by atoms with Crippen LogP contribution in [0, 0.1) is 11.3 Å². The Balaban J connectivity index is 1.56. The fourth-order valence-electron chi connectivity index (χ4n) is 4.23. The summed E-state index contributed by atoms with van der Waals surface area (Å²) in [6, 6.07) is 5.14. The molecule has 0 spiro atoms. The van der Waals surface area contributed by atoms with E-state index in [1.807, 2.05) is 18.0 Å². The van der Waals surface area contributed by atoms with Gasteiger partial charge in [0, 0.05) is 24.7 Å². The van der Waals surface area contributed by atoms with Gasteiger partial charge in [-0.1, -0.05) is 0 Å². The van der Waals surface area contributed by atoms with Crippen molar-refractivity contribution in [2.24, 2.45) is 0 Å². The molecule has 0 aliphatic carbocycles. The van der Waals surface area contributed by atoms with Crippen molar-refractivity contribution >= 4 is 22.5 Å². The first kappa shape index (κ1) is 24.1. The van der Waals surface area contributed by atoms with Crippen molar-refractivity contribution in [2.75, 3.05) is 44.7 Å². The molecule has 8 nitrogen and oxygen atoms in total. The highest BCUT2D eigenvalue weighted by atomic mass is 19.4. The molecule has 0 unspecified atom stereocenters. The number of nitriles is 1. The fourth-order valence-corrected chi connectivity index (χ4v) is 4.23. The molecule has 2 saturated heterocycles. The maximum absolute atomic E-state index is 15.0. The molecular formula is C22H24F4N6O2. The highest BCUT2D eigenvalue weighted by molar-refractivity contribution is 5.94. The minimum absolute atomic E-state index is 0.0423. The Morgan fingerprint density at radius 1 is 1.32 bits per heavy atom. The Hall–Kier alpha value is -3.04. The second-order valence-corrected chi connectivity index (χ2v) is 8.74. The number of hydrogen-bond donors (Lipinski definition) is 1. The number of amides is 1. The Bertz CT molecular complexity index is 1100. The first-order valence-corrected chi connectivity index (χ1v) is 10.9. The predicted octanol–water partition coefficient (Wildman–Crippen LogP) is 2.19. The van der Waals surface area contributed by atoms with Crippen LogP contribution < -0.4 is 10.2 Å². The number of alkyl halides is 4. The zero-order valence-electron chi connectivity index (χ0n) is 18.5. The van der Waals surface area contributed by atoms with Crippen LogP contribution in [0.4, 0.5) is 23.2 Å². The first-order chi connectivity index (χ1) is 16.1. The van der Waals surface area contributed by atoms with Gasteiger partial charge in [0.15, 0.2) is 17.9 Å². The number of aromatic nitrogens is 2. The van der Waals surface area contributed by atoms with Crippen molar-refractivity contribution in [3.05, 3.63) is 30.2 Å². The van der Waals surface area contributed by atoms with Crippen LogP contribution in [0.1, 0.15) is 18.5 Å². The van der Waals surface area contributed by atoms with Gasteiger partial charge in [0.05, 0.1) is 31.5 Å². The van der Waals surface area contributed by atoms with Gasteiger partial charge in [-0.05, 0) is 32.0 Å². The maximum atomic E-state index is 15.0. The summed E-state index contributed by atoms with van der Waals surface area (Å²) in [5.41, 5.74) is -1.02. The largest absolute Gasteiger partial charge is 0.416 e. The highest BCUT2D eigenvalue weighted by Crippen LogP contribution is 2.33. The monoisotopic (exact) mass is 480 g/mol. The van der Waals surface area contributed by atoms with E-state index in [1.54, 1.807) is 12.1 Å². The quantitative estimate of drug-likeness (QED) is 0.671. The number of ether oxygens (including phenoxy) is 1. The lowest BCUT2D eigenvalue weighted by Gasteiger charge is -2.40. The summed E-state index contributed by atoms with van der Waals surface area (Å²) in [5, 5.41) is 12.2. The zero-order chi connectivity index (χ0) is 24.5. The molecular weight excluding hydrogens is 456 g/mol. The molecule has 2 aliphatic rings. The Morgan fingerprint density at radius 3 is 2.74 bits per heavy atom. The van der Waals surface area contributed by atoms with Crippen LogP contribution >= 0.6 is 0 Å². The number of pyridine rings is 2. The normalized spacial score (nSPS) is 23.5. The van der Waals surface area contributed by atoms with E-state index in [0.717, 1.165) is 0 Å². The van der Waals surface area contributed by atoms with Crippen molar-refractivity contribution in [3.8, 4) is 6.07 Å². The second-order valence-electron chi connectivity index (χ2n) is 8.74. The summed E-state index contributed by atoms with van der Waals surface area (Å²) in [5.74, 6) is -0.807. The van der Waals surface area contributed by atoms with Gasteiger partial charge >= 0.3 is 6.18 Å². The van der Waals surface area contributed by atoms with Gasteiger partial charge in [-0.3, -0.25) is 9.78 Å². The Kier molecular flexibility index (Phi) is 6.60. The molecule has 2 fully saturated rings. The number of carbonyl (C=O) groups excluding carboxylic acids is 1. The van der Waals surface area contributed by atoms with E-state index < -0.39 is 36.5 Å². The van der Waals surface area contributed by atoms with Crippen LogP contribution in [0.2, 0.25) is 0 Å². The van der Waals surface area contributed by atoms with Gasteiger partial charge in [-0.25, -0.2) is 9.37 Å². The lowest BCUT2D eigenvalue weighted by atomic mass is 9.93. The van der Waals surface area contributed by atoms with E-state index in [-0.39, 0.29) is 37.1 Å². The molecule has 34 heavy (non-hydrogen) atoms. The third-order valence-electron chi connectivity index (χ3n) is 6.29. The lowest BCUT2D eigenvalue weighted by molar-refractivity contribution is -0.234. The van der Waals surface area contributed by atoms with Crippen LogP contribution in [0.25, 0.3) is 10.9 Å². The molecule has 1 N–H and O–H groups in total. The topological polar surface area (TPSA) is 94.4 Å². The first-order valence-electron chi connectivity index (χ1n) is 10.9. The fraction of sp³-hybridized carbons (Fsp3) is 0.545. The summed E-state index contributed by atoms with van der Waals surface area (Å²) in [6.45, 7) is 0.00972. The Morgan fingerprint density at radius 2 is 2.06 bits per heavy atom. The number of nitrogens with one attached hydrogen (secondary N) is 1. The molecule has 12 heteroatoms. The van der Waals surface area contributed by atoms with E-state index in [2.05, 4.69) is 15.3 Å². The van der Waals surface area contributed by atoms with Gasteiger partial charge in [0.2, 0.25) is 0 Å². The average Bonchev–Trinajstić information content (AvgIpc) is 2.83. The maximum Gasteiger partial charge on any atom is 0.416 e. The van der Waals surface area contributed by atoms with E-state index in [9.17, 15) is 23.2 Å². The number of carbonyl (C=O) groups is 1. The minimum Gasteiger partial charge on any atom is -0.364 e. The number of likely N-dealkylation sites (tertiary alicyclic amines) is 1. The van der Waals surface area contributed by atoms with Gasteiger partial charge in [0.1, 0.15) is 17.3 Å².